The molecule has 2 heterocycles. The van der Waals surface area contributed by atoms with Crippen LogP contribution in [0.4, 0.5) is 11.6 Å². The van der Waals surface area contributed by atoms with Gasteiger partial charge in [0.2, 0.25) is 16.0 Å². The highest BCUT2D eigenvalue weighted by Crippen LogP contribution is 2.38. The third kappa shape index (κ3) is 5.80. The maximum absolute atomic E-state index is 11.7. The number of hydrogen-bond acceptors (Lipinski definition) is 6. The van der Waals surface area contributed by atoms with Gasteiger partial charge in [-0.1, -0.05) is 85.3 Å². The van der Waals surface area contributed by atoms with Crippen LogP contribution in [-0.4, -0.2) is 30.4 Å². The number of halogens is 1. The molecule has 1 aliphatic rings. The van der Waals surface area contributed by atoms with Gasteiger partial charge in [0, 0.05) is 28.1 Å². The summed E-state index contributed by atoms with van der Waals surface area (Å²) in [6.45, 7) is 2.14. The zero-order chi connectivity index (χ0) is 28.6. The largest absolute Gasteiger partial charge is 0.284 e. The van der Waals surface area contributed by atoms with E-state index in [0.717, 1.165) is 51.7 Å². The first-order chi connectivity index (χ1) is 19.8. The molecule has 1 aliphatic heterocycles. The van der Waals surface area contributed by atoms with E-state index in [-0.39, 0.29) is 6.04 Å². The van der Waals surface area contributed by atoms with Crippen molar-refractivity contribution in [3.05, 3.63) is 119 Å². The molecule has 1 atom stereocenters. The number of sulfonamides is 1. The average Bonchev–Trinajstić information content (AvgIpc) is 3.42. The summed E-state index contributed by atoms with van der Waals surface area (Å²) in [5, 5.41) is 8.44. The number of nitrogens with zero attached hydrogens (tertiary/aromatic N) is 4. The fourth-order valence-corrected chi connectivity index (χ4v) is 5.79. The molecule has 0 saturated carbocycles. The molecule has 1 aromatic heterocycles. The lowest BCUT2D eigenvalue weighted by molar-refractivity contribution is 0.607. The quantitative estimate of drug-likeness (QED) is 0.219. The van der Waals surface area contributed by atoms with Crippen molar-refractivity contribution < 1.29 is 8.42 Å². The van der Waals surface area contributed by atoms with Crippen LogP contribution in [0.25, 0.3) is 22.2 Å². The van der Waals surface area contributed by atoms with Crippen molar-refractivity contribution in [1.29, 1.82) is 0 Å². The molecule has 0 aliphatic carbocycles. The Morgan fingerprint density at radius 3 is 2.32 bits per heavy atom. The third-order valence-electron chi connectivity index (χ3n) is 7.10. The number of aromatic nitrogens is 2. The summed E-state index contributed by atoms with van der Waals surface area (Å²) in [4.78, 5) is 10.0. The Morgan fingerprint density at radius 2 is 1.63 bits per heavy atom. The lowest BCUT2D eigenvalue weighted by Gasteiger charge is -2.23. The Balaban J connectivity index is 1.47. The zero-order valence-electron chi connectivity index (χ0n) is 22.6. The van der Waals surface area contributed by atoms with Gasteiger partial charge in [-0.3, -0.25) is 4.72 Å². The SMILES string of the molecule is CCc1ccc(C2CC(c3ccc(NS(C)(=O)=O)cc3)=NN2c2nc(-c3ccccc3)c3cc(Cl)ccc3n2)cc1. The predicted molar refractivity (Wildman–Crippen MR) is 167 cm³/mol. The maximum Gasteiger partial charge on any atom is 0.247 e. The van der Waals surface area contributed by atoms with Crippen LogP contribution in [0.5, 0.6) is 0 Å². The monoisotopic (exact) mass is 581 g/mol. The average molecular weight is 582 g/mol. The van der Waals surface area contributed by atoms with Gasteiger partial charge >= 0.3 is 0 Å². The van der Waals surface area contributed by atoms with Gasteiger partial charge in [0.15, 0.2) is 0 Å². The van der Waals surface area contributed by atoms with E-state index in [1.807, 2.05) is 65.7 Å². The van der Waals surface area contributed by atoms with Crippen molar-refractivity contribution in [3.8, 4) is 11.3 Å². The van der Waals surface area contributed by atoms with Gasteiger partial charge in [0.1, 0.15) is 0 Å². The molecule has 1 unspecified atom stereocenters. The number of hydrogen-bond donors (Lipinski definition) is 1. The van der Waals surface area contributed by atoms with Crippen molar-refractivity contribution in [2.24, 2.45) is 5.10 Å². The van der Waals surface area contributed by atoms with E-state index in [1.165, 1.54) is 5.56 Å². The van der Waals surface area contributed by atoms with Crippen LogP contribution in [0.2, 0.25) is 5.02 Å². The molecule has 0 fully saturated rings. The minimum Gasteiger partial charge on any atom is -0.284 e. The van der Waals surface area contributed by atoms with Crippen LogP contribution >= 0.6 is 11.6 Å². The van der Waals surface area contributed by atoms with Crippen molar-refractivity contribution in [3.63, 3.8) is 0 Å². The molecule has 5 aromatic rings. The summed E-state index contributed by atoms with van der Waals surface area (Å²) in [6.07, 6.45) is 2.73. The summed E-state index contributed by atoms with van der Waals surface area (Å²) in [5.74, 6) is 0.494. The molecule has 1 N–H and O–H groups in total. The highest BCUT2D eigenvalue weighted by molar-refractivity contribution is 7.92. The first-order valence-corrected chi connectivity index (χ1v) is 15.6. The van der Waals surface area contributed by atoms with Crippen LogP contribution in [-0.2, 0) is 16.4 Å². The van der Waals surface area contributed by atoms with E-state index in [0.29, 0.717) is 23.1 Å². The molecule has 4 aromatic carbocycles. The number of benzene rings is 4. The van der Waals surface area contributed by atoms with Gasteiger partial charge in [-0.2, -0.15) is 5.10 Å². The first-order valence-electron chi connectivity index (χ1n) is 13.3. The minimum absolute atomic E-state index is 0.127. The summed E-state index contributed by atoms with van der Waals surface area (Å²) in [6, 6.07) is 31.4. The lowest BCUT2D eigenvalue weighted by Crippen LogP contribution is -2.21. The number of hydrazone groups is 1. The van der Waals surface area contributed by atoms with Gasteiger partial charge in [-0.15, -0.1) is 0 Å². The predicted octanol–water partition coefficient (Wildman–Crippen LogP) is 7.24. The van der Waals surface area contributed by atoms with E-state index in [4.69, 9.17) is 26.7 Å². The Bertz CT molecular complexity index is 1860. The molecule has 0 spiro atoms. The Hall–Kier alpha value is -4.27. The van der Waals surface area contributed by atoms with Crippen LogP contribution in [0, 0.1) is 0 Å². The second-order valence-corrected chi connectivity index (χ2v) is 12.2. The molecule has 0 radical (unpaired) electrons. The summed E-state index contributed by atoms with van der Waals surface area (Å²) >= 11 is 6.38. The number of aryl methyl sites for hydroxylation is 1. The molecule has 0 saturated heterocycles. The lowest BCUT2D eigenvalue weighted by atomic mass is 9.97. The normalized spacial score (nSPS) is 15.2. The van der Waals surface area contributed by atoms with Crippen LogP contribution in [0.1, 0.15) is 36.1 Å². The highest BCUT2D eigenvalue weighted by atomic mass is 35.5. The van der Waals surface area contributed by atoms with E-state index in [1.54, 1.807) is 12.1 Å². The number of fused-ring (bicyclic) bond motifs is 1. The molecular weight excluding hydrogens is 554 g/mol. The minimum atomic E-state index is -3.37. The Labute approximate surface area is 244 Å². The fourth-order valence-electron chi connectivity index (χ4n) is 5.06. The second-order valence-electron chi connectivity index (χ2n) is 10.1. The summed E-state index contributed by atoms with van der Waals surface area (Å²) in [5.41, 5.74) is 7.16. The van der Waals surface area contributed by atoms with Crippen molar-refractivity contribution >= 4 is 49.9 Å². The van der Waals surface area contributed by atoms with Crippen LogP contribution < -0.4 is 9.73 Å². The second kappa shape index (κ2) is 11.0. The molecule has 41 heavy (non-hydrogen) atoms. The first kappa shape index (κ1) is 26.9. The smallest absolute Gasteiger partial charge is 0.247 e. The van der Waals surface area contributed by atoms with Crippen LogP contribution in [0.15, 0.2) is 102 Å². The van der Waals surface area contributed by atoms with Gasteiger partial charge in [0.25, 0.3) is 0 Å². The highest BCUT2D eigenvalue weighted by Gasteiger charge is 2.32. The molecule has 7 nitrogen and oxygen atoms in total. The van der Waals surface area contributed by atoms with E-state index in [9.17, 15) is 8.42 Å². The van der Waals surface area contributed by atoms with Crippen molar-refractivity contribution in [2.45, 2.75) is 25.8 Å². The number of anilines is 2. The van der Waals surface area contributed by atoms with Crippen molar-refractivity contribution in [1.82, 2.24) is 9.97 Å². The summed E-state index contributed by atoms with van der Waals surface area (Å²) in [7, 11) is -3.37. The standard InChI is InChI=1S/C32H28ClN5O2S/c1-3-21-9-11-23(12-10-21)30-20-29(22-13-16-26(17-14-22)37-41(2,39)40)36-38(30)32-34-28-18-15-25(33)19-27(28)31(35-32)24-7-5-4-6-8-24/h4-19,30,37H,3,20H2,1-2H3. The van der Waals surface area contributed by atoms with Gasteiger partial charge in [-0.25, -0.2) is 23.4 Å². The van der Waals surface area contributed by atoms with E-state index in [2.05, 4.69) is 35.9 Å². The van der Waals surface area contributed by atoms with Gasteiger partial charge < -0.3 is 0 Å². The molecule has 0 bridgehead atoms. The molecule has 6 rings (SSSR count). The fraction of sp³-hybridized carbons (Fsp3) is 0.156. The Kier molecular flexibility index (Phi) is 7.19. The molecular formula is C32H28ClN5O2S. The zero-order valence-corrected chi connectivity index (χ0v) is 24.2. The van der Waals surface area contributed by atoms with E-state index < -0.39 is 10.0 Å². The number of rotatable bonds is 7. The Morgan fingerprint density at radius 1 is 0.902 bits per heavy atom. The van der Waals surface area contributed by atoms with E-state index >= 15 is 0 Å². The molecule has 9 heteroatoms. The van der Waals surface area contributed by atoms with Crippen molar-refractivity contribution in [2.75, 3.05) is 16.0 Å². The van der Waals surface area contributed by atoms with Gasteiger partial charge in [0.05, 0.1) is 29.2 Å². The topological polar surface area (TPSA) is 87.5 Å². The summed E-state index contributed by atoms with van der Waals surface area (Å²) < 4.78 is 25.8. The van der Waals surface area contributed by atoms with Crippen LogP contribution in [0.3, 0.4) is 0 Å². The van der Waals surface area contributed by atoms with Gasteiger partial charge in [-0.05, 0) is 53.4 Å². The number of nitrogens with one attached hydrogen (secondary N) is 1. The third-order valence-corrected chi connectivity index (χ3v) is 7.94. The molecule has 0 amide bonds. The molecule has 206 valence electrons. The maximum atomic E-state index is 11.7.